The Morgan fingerprint density at radius 3 is 2.89 bits per heavy atom. The van der Waals surface area contributed by atoms with Crippen molar-refractivity contribution in [3.05, 3.63) is 41.7 Å². The van der Waals surface area contributed by atoms with Crippen molar-refractivity contribution in [2.45, 2.75) is 17.8 Å². The molecular formula is C13H13N5S. The van der Waals surface area contributed by atoms with Gasteiger partial charge in [-0.15, -0.1) is 5.10 Å². The number of hydrogen-bond acceptors (Lipinski definition) is 5. The molecule has 19 heavy (non-hydrogen) atoms. The van der Waals surface area contributed by atoms with Crippen molar-refractivity contribution in [2.75, 3.05) is 5.73 Å². The summed E-state index contributed by atoms with van der Waals surface area (Å²) in [5.41, 5.74) is 7.91. The van der Waals surface area contributed by atoms with E-state index >= 15 is 0 Å². The third kappa shape index (κ3) is 2.53. The molecular weight excluding hydrogens is 258 g/mol. The van der Waals surface area contributed by atoms with Gasteiger partial charge in [-0.05, 0) is 19.1 Å². The van der Waals surface area contributed by atoms with Crippen molar-refractivity contribution >= 4 is 28.5 Å². The van der Waals surface area contributed by atoms with Gasteiger partial charge in [0.15, 0.2) is 0 Å². The number of aromatic nitrogens is 4. The van der Waals surface area contributed by atoms with Gasteiger partial charge in [0.1, 0.15) is 11.6 Å². The van der Waals surface area contributed by atoms with Crippen molar-refractivity contribution in [3.8, 4) is 0 Å². The van der Waals surface area contributed by atoms with Gasteiger partial charge in [0.25, 0.3) is 0 Å². The van der Waals surface area contributed by atoms with Crippen LogP contribution in [0, 0.1) is 6.92 Å². The van der Waals surface area contributed by atoms with Gasteiger partial charge in [-0.3, -0.25) is 5.10 Å². The third-order valence-electron chi connectivity index (χ3n) is 2.77. The highest BCUT2D eigenvalue weighted by atomic mass is 32.2. The van der Waals surface area contributed by atoms with Crippen LogP contribution >= 0.6 is 11.8 Å². The molecule has 96 valence electrons. The van der Waals surface area contributed by atoms with Crippen molar-refractivity contribution in [1.29, 1.82) is 0 Å². The summed E-state index contributed by atoms with van der Waals surface area (Å²) < 4.78 is 0. The topological polar surface area (TPSA) is 80.5 Å². The number of thioether (sulfide) groups is 1. The molecule has 5 nitrogen and oxygen atoms in total. The fraction of sp³-hybridized carbons (Fsp3) is 0.154. The van der Waals surface area contributed by atoms with Crippen LogP contribution in [0.3, 0.4) is 0 Å². The van der Waals surface area contributed by atoms with E-state index in [4.69, 9.17) is 5.73 Å². The third-order valence-corrected chi connectivity index (χ3v) is 3.67. The summed E-state index contributed by atoms with van der Waals surface area (Å²) in [7, 11) is 0. The summed E-state index contributed by atoms with van der Waals surface area (Å²) in [5.74, 6) is 2.09. The van der Waals surface area contributed by atoms with E-state index in [1.807, 2.05) is 31.2 Å². The second-order valence-electron chi connectivity index (χ2n) is 4.22. The Bertz CT molecular complexity index is 722. The van der Waals surface area contributed by atoms with Crippen LogP contribution in [0.25, 0.3) is 10.9 Å². The predicted octanol–water partition coefficient (Wildman–Crippen LogP) is 2.54. The molecule has 0 aliphatic rings. The van der Waals surface area contributed by atoms with Crippen LogP contribution in [0.4, 0.5) is 5.82 Å². The number of H-pyrrole nitrogens is 1. The quantitative estimate of drug-likeness (QED) is 0.715. The molecule has 0 aliphatic carbocycles. The molecule has 2 aromatic heterocycles. The molecule has 0 saturated carbocycles. The lowest BCUT2D eigenvalue weighted by molar-refractivity contribution is 0.969. The fourth-order valence-electron chi connectivity index (χ4n) is 1.82. The van der Waals surface area contributed by atoms with Crippen LogP contribution in [-0.2, 0) is 5.75 Å². The number of nitrogens with zero attached hydrogens (tertiary/aromatic N) is 3. The molecule has 0 bridgehead atoms. The Morgan fingerprint density at radius 2 is 2.11 bits per heavy atom. The van der Waals surface area contributed by atoms with E-state index in [0.717, 1.165) is 27.4 Å². The van der Waals surface area contributed by atoms with Crippen LogP contribution in [0.15, 0.2) is 35.5 Å². The number of hydrogen-bond donors (Lipinski definition) is 2. The largest absolute Gasteiger partial charge is 0.383 e. The Morgan fingerprint density at radius 1 is 1.26 bits per heavy atom. The monoisotopic (exact) mass is 271 g/mol. The number of benzene rings is 1. The number of pyridine rings is 1. The first-order chi connectivity index (χ1) is 9.22. The maximum Gasteiger partial charge on any atom is 0.208 e. The molecule has 0 amide bonds. The lowest BCUT2D eigenvalue weighted by atomic mass is 10.1. The number of rotatable bonds is 3. The van der Waals surface area contributed by atoms with Crippen LogP contribution < -0.4 is 5.73 Å². The summed E-state index contributed by atoms with van der Waals surface area (Å²) in [6.45, 7) is 1.88. The lowest BCUT2D eigenvalue weighted by Gasteiger charge is -2.05. The van der Waals surface area contributed by atoms with Gasteiger partial charge in [-0.1, -0.05) is 30.0 Å². The van der Waals surface area contributed by atoms with Gasteiger partial charge in [-0.2, -0.15) is 0 Å². The summed E-state index contributed by atoms with van der Waals surface area (Å²) >= 11 is 1.54. The zero-order valence-electron chi connectivity index (χ0n) is 10.4. The van der Waals surface area contributed by atoms with E-state index in [9.17, 15) is 0 Å². The van der Waals surface area contributed by atoms with Gasteiger partial charge in [0, 0.05) is 16.7 Å². The molecule has 0 saturated heterocycles. The number of nitrogen functional groups attached to an aromatic ring is 1. The molecule has 3 N–H and O–H groups in total. The van der Waals surface area contributed by atoms with Crippen LogP contribution in [-0.4, -0.2) is 20.2 Å². The van der Waals surface area contributed by atoms with E-state index in [1.54, 1.807) is 11.8 Å². The SMILES string of the molecule is Cc1nc(SCc2cc3ccccc3nc2N)n[nH]1. The molecule has 0 unspecified atom stereocenters. The minimum Gasteiger partial charge on any atom is -0.383 e. The van der Waals surface area contributed by atoms with E-state index in [-0.39, 0.29) is 0 Å². The van der Waals surface area contributed by atoms with Crippen LogP contribution in [0.5, 0.6) is 0 Å². The van der Waals surface area contributed by atoms with Gasteiger partial charge >= 0.3 is 0 Å². The van der Waals surface area contributed by atoms with E-state index in [2.05, 4.69) is 26.2 Å². The van der Waals surface area contributed by atoms with Gasteiger partial charge < -0.3 is 5.73 Å². The second kappa shape index (κ2) is 4.89. The van der Waals surface area contributed by atoms with Crippen molar-refractivity contribution in [3.63, 3.8) is 0 Å². The zero-order valence-corrected chi connectivity index (χ0v) is 11.2. The Kier molecular flexibility index (Phi) is 3.08. The van der Waals surface area contributed by atoms with Gasteiger partial charge in [0.05, 0.1) is 5.52 Å². The van der Waals surface area contributed by atoms with E-state index < -0.39 is 0 Å². The Balaban J connectivity index is 1.86. The minimum atomic E-state index is 0.568. The molecule has 2 heterocycles. The van der Waals surface area contributed by atoms with E-state index in [1.165, 1.54) is 0 Å². The molecule has 3 aromatic rings. The van der Waals surface area contributed by atoms with Crippen molar-refractivity contribution in [1.82, 2.24) is 20.2 Å². The zero-order chi connectivity index (χ0) is 13.2. The van der Waals surface area contributed by atoms with E-state index in [0.29, 0.717) is 11.6 Å². The predicted molar refractivity (Wildman–Crippen MR) is 76.8 cm³/mol. The maximum atomic E-state index is 5.98. The summed E-state index contributed by atoms with van der Waals surface area (Å²) in [5, 5.41) is 8.73. The number of fused-ring (bicyclic) bond motifs is 1. The molecule has 3 rings (SSSR count). The number of nitrogens with one attached hydrogen (secondary N) is 1. The Labute approximate surface area is 114 Å². The normalized spacial score (nSPS) is 11.0. The molecule has 1 aromatic carbocycles. The van der Waals surface area contributed by atoms with Crippen molar-refractivity contribution < 1.29 is 0 Å². The average molecular weight is 271 g/mol. The molecule has 6 heteroatoms. The first-order valence-electron chi connectivity index (χ1n) is 5.88. The number of para-hydroxylation sites is 1. The number of aromatic amines is 1. The molecule has 0 spiro atoms. The van der Waals surface area contributed by atoms with Crippen LogP contribution in [0.2, 0.25) is 0 Å². The smallest absolute Gasteiger partial charge is 0.208 e. The molecule has 0 radical (unpaired) electrons. The maximum absolute atomic E-state index is 5.98. The number of aryl methyl sites for hydroxylation is 1. The van der Waals surface area contributed by atoms with Crippen molar-refractivity contribution in [2.24, 2.45) is 0 Å². The summed E-state index contributed by atoms with van der Waals surface area (Å²) in [6.07, 6.45) is 0. The highest BCUT2D eigenvalue weighted by Gasteiger charge is 2.07. The lowest BCUT2D eigenvalue weighted by Crippen LogP contribution is -1.97. The molecule has 0 fully saturated rings. The molecule has 0 atom stereocenters. The first kappa shape index (κ1) is 12.0. The summed E-state index contributed by atoms with van der Waals surface area (Å²) in [6, 6.07) is 10.0. The Hall–Kier alpha value is -2.08. The number of nitrogens with two attached hydrogens (primary N) is 1. The fourth-order valence-corrected chi connectivity index (χ4v) is 2.65. The molecule has 0 aliphatic heterocycles. The highest BCUT2D eigenvalue weighted by molar-refractivity contribution is 7.98. The average Bonchev–Trinajstić information content (AvgIpc) is 2.82. The van der Waals surface area contributed by atoms with Gasteiger partial charge in [-0.25, -0.2) is 9.97 Å². The first-order valence-corrected chi connectivity index (χ1v) is 6.87. The summed E-state index contributed by atoms with van der Waals surface area (Å²) in [4.78, 5) is 8.66. The highest BCUT2D eigenvalue weighted by Crippen LogP contribution is 2.25. The van der Waals surface area contributed by atoms with Gasteiger partial charge in [0.2, 0.25) is 5.16 Å². The van der Waals surface area contributed by atoms with Crippen LogP contribution in [0.1, 0.15) is 11.4 Å². The standard InChI is InChI=1S/C13H13N5S/c1-8-15-13(18-17-8)19-7-10-6-9-4-2-3-5-11(9)16-12(10)14/h2-6H,7H2,1H3,(H2,14,16)(H,15,17,18). The number of anilines is 1. The minimum absolute atomic E-state index is 0.568. The second-order valence-corrected chi connectivity index (χ2v) is 5.16.